The van der Waals surface area contributed by atoms with E-state index in [1.54, 1.807) is 16.3 Å². The number of hydrazone groups is 1. The SMILES string of the molecule is O=C(c1ccccc1)N1N=C(c2cccs2)CC1c1ccc(Br)cc1. The van der Waals surface area contributed by atoms with Gasteiger partial charge >= 0.3 is 0 Å². The van der Waals surface area contributed by atoms with E-state index in [1.807, 2.05) is 66.0 Å². The van der Waals surface area contributed by atoms with E-state index in [1.165, 1.54) is 0 Å². The molecule has 3 nitrogen and oxygen atoms in total. The normalized spacial score (nSPS) is 16.8. The second kappa shape index (κ2) is 6.94. The molecule has 0 bridgehead atoms. The molecule has 3 aromatic rings. The number of rotatable bonds is 3. The number of carbonyl (C=O) groups is 1. The molecular formula is C20H15BrN2OS. The van der Waals surface area contributed by atoms with Crippen LogP contribution in [0.1, 0.15) is 33.3 Å². The fourth-order valence-electron chi connectivity index (χ4n) is 2.95. The second-order valence-electron chi connectivity index (χ2n) is 5.81. The maximum atomic E-state index is 13.0. The van der Waals surface area contributed by atoms with E-state index < -0.39 is 0 Å². The first-order chi connectivity index (χ1) is 12.2. The number of carbonyl (C=O) groups excluding carboxylic acids is 1. The Labute approximate surface area is 158 Å². The van der Waals surface area contributed by atoms with Gasteiger partial charge in [0, 0.05) is 16.5 Å². The Bertz CT molecular complexity index is 905. The van der Waals surface area contributed by atoms with Crippen LogP contribution >= 0.6 is 27.3 Å². The van der Waals surface area contributed by atoms with Crippen molar-refractivity contribution < 1.29 is 4.79 Å². The minimum absolute atomic E-state index is 0.0694. The van der Waals surface area contributed by atoms with Crippen LogP contribution in [0.2, 0.25) is 0 Å². The van der Waals surface area contributed by atoms with Gasteiger partial charge in [0.05, 0.1) is 16.6 Å². The fraction of sp³-hybridized carbons (Fsp3) is 0.100. The van der Waals surface area contributed by atoms with Crippen molar-refractivity contribution in [2.24, 2.45) is 5.10 Å². The van der Waals surface area contributed by atoms with E-state index >= 15 is 0 Å². The number of hydrogen-bond donors (Lipinski definition) is 0. The van der Waals surface area contributed by atoms with E-state index in [9.17, 15) is 4.79 Å². The van der Waals surface area contributed by atoms with E-state index in [4.69, 9.17) is 0 Å². The molecule has 1 aliphatic heterocycles. The monoisotopic (exact) mass is 410 g/mol. The Morgan fingerprint density at radius 3 is 2.48 bits per heavy atom. The molecule has 0 spiro atoms. The summed E-state index contributed by atoms with van der Waals surface area (Å²) in [7, 11) is 0. The molecule has 2 heterocycles. The summed E-state index contributed by atoms with van der Waals surface area (Å²) < 4.78 is 1.02. The molecule has 1 aliphatic rings. The van der Waals surface area contributed by atoms with Gasteiger partial charge in [0.25, 0.3) is 5.91 Å². The first-order valence-corrected chi connectivity index (χ1v) is 9.65. The van der Waals surface area contributed by atoms with Crippen molar-refractivity contribution in [1.29, 1.82) is 0 Å². The zero-order valence-corrected chi connectivity index (χ0v) is 15.7. The minimum atomic E-state index is -0.0853. The largest absolute Gasteiger partial charge is 0.274 e. The molecule has 0 N–H and O–H groups in total. The lowest BCUT2D eigenvalue weighted by molar-refractivity contribution is 0.0711. The zero-order valence-electron chi connectivity index (χ0n) is 13.3. The first kappa shape index (κ1) is 16.2. The summed E-state index contributed by atoms with van der Waals surface area (Å²) >= 11 is 5.12. The molecule has 5 heteroatoms. The maximum Gasteiger partial charge on any atom is 0.274 e. The molecule has 0 radical (unpaired) electrons. The molecule has 0 saturated heterocycles. The molecule has 0 aliphatic carbocycles. The van der Waals surface area contributed by atoms with Crippen LogP contribution in [-0.4, -0.2) is 16.6 Å². The molecule has 4 rings (SSSR count). The van der Waals surface area contributed by atoms with Crippen molar-refractivity contribution in [3.8, 4) is 0 Å². The lowest BCUT2D eigenvalue weighted by Gasteiger charge is -2.22. The molecule has 25 heavy (non-hydrogen) atoms. The number of benzene rings is 2. The van der Waals surface area contributed by atoms with E-state index in [-0.39, 0.29) is 11.9 Å². The number of thiophene rings is 1. The highest BCUT2D eigenvalue weighted by Crippen LogP contribution is 2.35. The van der Waals surface area contributed by atoms with Gasteiger partial charge in [-0.3, -0.25) is 4.79 Å². The Balaban J connectivity index is 1.72. The third-order valence-electron chi connectivity index (χ3n) is 4.20. The summed E-state index contributed by atoms with van der Waals surface area (Å²) in [4.78, 5) is 14.1. The Kier molecular flexibility index (Phi) is 4.51. The van der Waals surface area contributed by atoms with Crippen molar-refractivity contribution in [3.63, 3.8) is 0 Å². The van der Waals surface area contributed by atoms with Crippen molar-refractivity contribution >= 4 is 38.9 Å². The van der Waals surface area contributed by atoms with Gasteiger partial charge in [0.2, 0.25) is 0 Å². The van der Waals surface area contributed by atoms with Gasteiger partial charge in [-0.2, -0.15) is 5.10 Å². The van der Waals surface area contributed by atoms with Crippen LogP contribution in [0, 0.1) is 0 Å². The Hall–Kier alpha value is -2.24. The van der Waals surface area contributed by atoms with Gasteiger partial charge in [-0.05, 0) is 41.3 Å². The molecule has 124 valence electrons. The van der Waals surface area contributed by atoms with Gasteiger partial charge in [-0.1, -0.05) is 52.3 Å². The van der Waals surface area contributed by atoms with Crippen LogP contribution in [-0.2, 0) is 0 Å². The standard InChI is InChI=1S/C20H15BrN2OS/c21-16-10-8-14(9-11-16)18-13-17(19-7-4-12-25-19)22-23(18)20(24)15-5-2-1-3-6-15/h1-12,18H,13H2. The lowest BCUT2D eigenvalue weighted by atomic mass is 10.0. The van der Waals surface area contributed by atoms with Gasteiger partial charge in [0.1, 0.15) is 0 Å². The predicted molar refractivity (Wildman–Crippen MR) is 105 cm³/mol. The molecule has 1 aromatic heterocycles. The summed E-state index contributed by atoms with van der Waals surface area (Å²) in [5.74, 6) is -0.0694. The van der Waals surface area contributed by atoms with Gasteiger partial charge in [0.15, 0.2) is 0 Å². The van der Waals surface area contributed by atoms with Crippen molar-refractivity contribution in [3.05, 3.63) is 92.6 Å². The summed E-state index contributed by atoms with van der Waals surface area (Å²) in [5.41, 5.74) is 2.70. The molecule has 0 fully saturated rings. The van der Waals surface area contributed by atoms with Gasteiger partial charge in [-0.25, -0.2) is 5.01 Å². The second-order valence-corrected chi connectivity index (χ2v) is 7.67. The van der Waals surface area contributed by atoms with Crippen LogP contribution in [0.5, 0.6) is 0 Å². The third-order valence-corrected chi connectivity index (χ3v) is 5.65. The van der Waals surface area contributed by atoms with Gasteiger partial charge in [-0.15, -0.1) is 11.3 Å². The van der Waals surface area contributed by atoms with Crippen LogP contribution in [0.4, 0.5) is 0 Å². The average Bonchev–Trinajstić information content (AvgIpc) is 3.32. The fourth-order valence-corrected chi connectivity index (χ4v) is 3.93. The third kappa shape index (κ3) is 3.30. The number of halogens is 1. The minimum Gasteiger partial charge on any atom is -0.267 e. The van der Waals surface area contributed by atoms with Gasteiger partial charge < -0.3 is 0 Å². The highest BCUT2D eigenvalue weighted by molar-refractivity contribution is 9.10. The lowest BCUT2D eigenvalue weighted by Crippen LogP contribution is -2.27. The maximum absolute atomic E-state index is 13.0. The molecule has 0 saturated carbocycles. The van der Waals surface area contributed by atoms with Crippen molar-refractivity contribution in [1.82, 2.24) is 5.01 Å². The molecule has 2 aromatic carbocycles. The highest BCUT2D eigenvalue weighted by Gasteiger charge is 2.33. The number of nitrogens with zero attached hydrogens (tertiary/aromatic N) is 2. The highest BCUT2D eigenvalue weighted by atomic mass is 79.9. The number of amides is 1. The van der Waals surface area contributed by atoms with Crippen LogP contribution in [0.3, 0.4) is 0 Å². The van der Waals surface area contributed by atoms with Crippen molar-refractivity contribution in [2.75, 3.05) is 0 Å². The summed E-state index contributed by atoms with van der Waals surface area (Å²) in [6, 6.07) is 21.4. The molecule has 1 atom stereocenters. The molecule has 1 unspecified atom stereocenters. The summed E-state index contributed by atoms with van der Waals surface area (Å²) in [6.45, 7) is 0. The van der Waals surface area contributed by atoms with E-state index in [0.717, 1.165) is 27.0 Å². The van der Waals surface area contributed by atoms with Crippen LogP contribution < -0.4 is 0 Å². The first-order valence-electron chi connectivity index (χ1n) is 7.98. The average molecular weight is 411 g/mol. The smallest absolute Gasteiger partial charge is 0.267 e. The van der Waals surface area contributed by atoms with E-state index in [2.05, 4.69) is 27.1 Å². The van der Waals surface area contributed by atoms with E-state index in [0.29, 0.717) is 5.56 Å². The topological polar surface area (TPSA) is 32.7 Å². The summed E-state index contributed by atoms with van der Waals surface area (Å²) in [5, 5.41) is 8.35. The Morgan fingerprint density at radius 2 is 1.80 bits per heavy atom. The predicted octanol–water partition coefficient (Wildman–Crippen LogP) is 5.50. The van der Waals surface area contributed by atoms with Crippen LogP contribution in [0.25, 0.3) is 0 Å². The Morgan fingerprint density at radius 1 is 1.04 bits per heavy atom. The molecule has 1 amide bonds. The molecular weight excluding hydrogens is 396 g/mol. The van der Waals surface area contributed by atoms with Crippen molar-refractivity contribution in [2.45, 2.75) is 12.5 Å². The zero-order chi connectivity index (χ0) is 17.2. The summed E-state index contributed by atoms with van der Waals surface area (Å²) in [6.07, 6.45) is 0.723. The number of hydrogen-bond acceptors (Lipinski definition) is 3. The quantitative estimate of drug-likeness (QED) is 0.560. The van der Waals surface area contributed by atoms with Crippen LogP contribution in [0.15, 0.2) is 81.7 Å².